The molecule has 0 spiro atoms. The van der Waals surface area contributed by atoms with Crippen molar-refractivity contribution in [2.45, 2.75) is 25.2 Å². The molecular formula is C15H21FN2. The first kappa shape index (κ1) is 12.0. The van der Waals surface area contributed by atoms with Gasteiger partial charge in [0.1, 0.15) is 5.82 Å². The van der Waals surface area contributed by atoms with Crippen LogP contribution in [-0.4, -0.2) is 26.7 Å². The van der Waals surface area contributed by atoms with Crippen LogP contribution < -0.4 is 10.2 Å². The first-order valence-corrected chi connectivity index (χ1v) is 6.95. The van der Waals surface area contributed by atoms with Crippen LogP contribution in [-0.2, 0) is 0 Å². The van der Waals surface area contributed by atoms with Crippen LogP contribution in [0.15, 0.2) is 18.2 Å². The van der Waals surface area contributed by atoms with Crippen LogP contribution in [0.5, 0.6) is 0 Å². The molecule has 1 saturated heterocycles. The third-order valence-electron chi connectivity index (χ3n) is 4.35. The van der Waals surface area contributed by atoms with Crippen molar-refractivity contribution in [2.75, 3.05) is 31.6 Å². The topological polar surface area (TPSA) is 15.3 Å². The minimum Gasteiger partial charge on any atom is -0.374 e. The second kappa shape index (κ2) is 4.88. The molecule has 1 aromatic carbocycles. The van der Waals surface area contributed by atoms with E-state index in [1.807, 2.05) is 6.07 Å². The molecule has 3 rings (SSSR count). The molecule has 3 heteroatoms. The number of anilines is 1. The lowest BCUT2D eigenvalue weighted by Crippen LogP contribution is -2.31. The highest BCUT2D eigenvalue weighted by molar-refractivity contribution is 5.59. The van der Waals surface area contributed by atoms with Crippen molar-refractivity contribution in [3.8, 4) is 0 Å². The zero-order chi connectivity index (χ0) is 12.5. The van der Waals surface area contributed by atoms with Crippen molar-refractivity contribution in [1.82, 2.24) is 5.32 Å². The van der Waals surface area contributed by atoms with Gasteiger partial charge in [-0.2, -0.15) is 0 Å². The van der Waals surface area contributed by atoms with Gasteiger partial charge in [0, 0.05) is 25.2 Å². The van der Waals surface area contributed by atoms with Gasteiger partial charge in [-0.3, -0.25) is 0 Å². The van der Waals surface area contributed by atoms with Gasteiger partial charge in [-0.05, 0) is 56.0 Å². The fourth-order valence-electron chi connectivity index (χ4n) is 3.45. The highest BCUT2D eigenvalue weighted by Gasteiger charge is 2.29. The van der Waals surface area contributed by atoms with Gasteiger partial charge in [0.25, 0.3) is 0 Å². The molecule has 2 nitrogen and oxygen atoms in total. The van der Waals surface area contributed by atoms with Crippen LogP contribution in [0.4, 0.5) is 10.1 Å². The molecule has 18 heavy (non-hydrogen) atoms. The van der Waals surface area contributed by atoms with Crippen LogP contribution in [0.3, 0.4) is 0 Å². The summed E-state index contributed by atoms with van der Waals surface area (Å²) in [5, 5.41) is 3.48. The fraction of sp³-hybridized carbons (Fsp3) is 0.600. The van der Waals surface area contributed by atoms with Crippen molar-refractivity contribution in [2.24, 2.45) is 5.92 Å². The third-order valence-corrected chi connectivity index (χ3v) is 4.35. The first-order valence-electron chi connectivity index (χ1n) is 6.95. The molecule has 0 radical (unpaired) electrons. The molecule has 2 aliphatic rings. The summed E-state index contributed by atoms with van der Waals surface area (Å²) in [5.74, 6) is 1.24. The summed E-state index contributed by atoms with van der Waals surface area (Å²) >= 11 is 0. The molecule has 2 aliphatic heterocycles. The number of nitrogens with zero attached hydrogens (tertiary/aromatic N) is 1. The van der Waals surface area contributed by atoms with Crippen molar-refractivity contribution in [3.63, 3.8) is 0 Å². The van der Waals surface area contributed by atoms with E-state index in [0.717, 1.165) is 24.7 Å². The van der Waals surface area contributed by atoms with Gasteiger partial charge in [-0.15, -0.1) is 0 Å². The Morgan fingerprint density at radius 3 is 3.11 bits per heavy atom. The van der Waals surface area contributed by atoms with E-state index in [0.29, 0.717) is 5.92 Å². The molecule has 0 aliphatic carbocycles. The molecule has 2 heterocycles. The summed E-state index contributed by atoms with van der Waals surface area (Å²) in [7, 11) is 2.07. The van der Waals surface area contributed by atoms with Crippen molar-refractivity contribution in [1.29, 1.82) is 0 Å². The standard InChI is InChI=1S/C15H21FN2/c1-18-10-12(7-11-3-2-6-17-9-11)14-5-4-13(16)8-15(14)18/h4-5,8,11-12,17H,2-3,6-7,9-10H2,1H3/t11-,12?/m1/s1. The molecular weight excluding hydrogens is 227 g/mol. The number of benzene rings is 1. The Morgan fingerprint density at radius 2 is 2.33 bits per heavy atom. The van der Waals surface area contributed by atoms with E-state index >= 15 is 0 Å². The Bertz CT molecular complexity index is 427. The Hall–Kier alpha value is -1.09. The zero-order valence-corrected chi connectivity index (χ0v) is 11.0. The highest BCUT2D eigenvalue weighted by atomic mass is 19.1. The minimum atomic E-state index is -0.124. The number of hydrogen-bond donors (Lipinski definition) is 1. The predicted octanol–water partition coefficient (Wildman–Crippen LogP) is 2.75. The van der Waals surface area contributed by atoms with Gasteiger partial charge in [0.2, 0.25) is 0 Å². The number of likely N-dealkylation sites (N-methyl/N-ethyl adjacent to an activating group) is 1. The van der Waals surface area contributed by atoms with Gasteiger partial charge < -0.3 is 10.2 Å². The summed E-state index contributed by atoms with van der Waals surface area (Å²) in [6.07, 6.45) is 3.86. The van der Waals surface area contributed by atoms with Crippen molar-refractivity contribution in [3.05, 3.63) is 29.6 Å². The van der Waals surface area contributed by atoms with Gasteiger partial charge >= 0.3 is 0 Å². The molecule has 2 atom stereocenters. The van der Waals surface area contributed by atoms with Crippen molar-refractivity contribution < 1.29 is 4.39 Å². The van der Waals surface area contributed by atoms with E-state index in [-0.39, 0.29) is 5.82 Å². The van der Waals surface area contributed by atoms with E-state index in [4.69, 9.17) is 0 Å². The molecule has 0 saturated carbocycles. The van der Waals surface area contributed by atoms with Gasteiger partial charge in [0.05, 0.1) is 0 Å². The fourth-order valence-corrected chi connectivity index (χ4v) is 3.45. The smallest absolute Gasteiger partial charge is 0.125 e. The Balaban J connectivity index is 1.75. The average molecular weight is 248 g/mol. The second-order valence-electron chi connectivity index (χ2n) is 5.73. The molecule has 1 unspecified atom stereocenters. The number of nitrogens with one attached hydrogen (secondary N) is 1. The SMILES string of the molecule is CN1CC(C[C@H]2CCCNC2)c2ccc(F)cc21. The number of fused-ring (bicyclic) bond motifs is 1. The summed E-state index contributed by atoms with van der Waals surface area (Å²) in [4.78, 5) is 2.19. The Labute approximate surface area is 108 Å². The van der Waals surface area contributed by atoms with E-state index < -0.39 is 0 Å². The number of hydrogen-bond acceptors (Lipinski definition) is 2. The third kappa shape index (κ3) is 2.24. The predicted molar refractivity (Wildman–Crippen MR) is 72.6 cm³/mol. The van der Waals surface area contributed by atoms with E-state index in [2.05, 4.69) is 17.3 Å². The molecule has 1 aromatic rings. The number of rotatable bonds is 2. The Morgan fingerprint density at radius 1 is 1.44 bits per heavy atom. The lowest BCUT2D eigenvalue weighted by atomic mass is 9.86. The lowest BCUT2D eigenvalue weighted by molar-refractivity contribution is 0.339. The van der Waals surface area contributed by atoms with E-state index in [1.54, 1.807) is 12.1 Å². The highest BCUT2D eigenvalue weighted by Crippen LogP contribution is 2.39. The quantitative estimate of drug-likeness (QED) is 0.865. The summed E-state index contributed by atoms with van der Waals surface area (Å²) < 4.78 is 13.3. The normalized spacial score (nSPS) is 27.3. The maximum atomic E-state index is 13.3. The van der Waals surface area contributed by atoms with Gasteiger partial charge in [-0.25, -0.2) is 4.39 Å². The van der Waals surface area contributed by atoms with E-state index in [9.17, 15) is 4.39 Å². The zero-order valence-electron chi connectivity index (χ0n) is 11.0. The monoisotopic (exact) mass is 248 g/mol. The maximum absolute atomic E-state index is 13.3. The van der Waals surface area contributed by atoms with Crippen LogP contribution >= 0.6 is 0 Å². The molecule has 1 fully saturated rings. The molecule has 98 valence electrons. The van der Waals surface area contributed by atoms with Crippen LogP contribution in [0.2, 0.25) is 0 Å². The van der Waals surface area contributed by atoms with E-state index in [1.165, 1.54) is 31.4 Å². The number of piperidine rings is 1. The Kier molecular flexibility index (Phi) is 3.25. The molecule has 0 amide bonds. The van der Waals surface area contributed by atoms with Crippen LogP contribution in [0.1, 0.15) is 30.7 Å². The molecule has 0 aromatic heterocycles. The summed E-state index contributed by atoms with van der Waals surface area (Å²) in [6, 6.07) is 5.26. The summed E-state index contributed by atoms with van der Waals surface area (Å²) in [6.45, 7) is 3.36. The van der Waals surface area contributed by atoms with Crippen LogP contribution in [0.25, 0.3) is 0 Å². The van der Waals surface area contributed by atoms with Gasteiger partial charge in [0.15, 0.2) is 0 Å². The second-order valence-corrected chi connectivity index (χ2v) is 5.73. The first-order chi connectivity index (χ1) is 8.74. The minimum absolute atomic E-state index is 0.124. The largest absolute Gasteiger partial charge is 0.374 e. The molecule has 0 bridgehead atoms. The maximum Gasteiger partial charge on any atom is 0.125 e. The lowest BCUT2D eigenvalue weighted by Gasteiger charge is -2.25. The van der Waals surface area contributed by atoms with Gasteiger partial charge in [-0.1, -0.05) is 6.07 Å². The summed E-state index contributed by atoms with van der Waals surface area (Å²) in [5.41, 5.74) is 2.42. The van der Waals surface area contributed by atoms with Crippen molar-refractivity contribution >= 4 is 5.69 Å². The molecule has 1 N–H and O–H groups in total. The average Bonchev–Trinajstić information content (AvgIpc) is 2.67. The number of halogens is 1. The van der Waals surface area contributed by atoms with Crippen LogP contribution in [0, 0.1) is 11.7 Å².